The lowest BCUT2D eigenvalue weighted by Crippen LogP contribution is -2.33. The summed E-state index contributed by atoms with van der Waals surface area (Å²) in [4.78, 5) is 0. The first-order chi connectivity index (χ1) is 7.68. The van der Waals surface area contributed by atoms with Crippen LogP contribution in [0.4, 0.5) is 4.39 Å². The fourth-order valence-corrected chi connectivity index (χ4v) is 2.33. The van der Waals surface area contributed by atoms with Crippen molar-refractivity contribution < 1.29 is 9.50 Å². The van der Waals surface area contributed by atoms with Crippen LogP contribution in [0.3, 0.4) is 0 Å². The van der Waals surface area contributed by atoms with E-state index in [4.69, 9.17) is 0 Å². The van der Waals surface area contributed by atoms with Crippen molar-refractivity contribution in [1.29, 1.82) is 0 Å². The summed E-state index contributed by atoms with van der Waals surface area (Å²) in [6.07, 6.45) is 1.53. The highest BCUT2D eigenvalue weighted by molar-refractivity contribution is 5.29. The van der Waals surface area contributed by atoms with Gasteiger partial charge in [0.05, 0.1) is 6.10 Å². The molecule has 2 unspecified atom stereocenters. The molecule has 1 fully saturated rings. The van der Waals surface area contributed by atoms with Crippen molar-refractivity contribution >= 4 is 0 Å². The van der Waals surface area contributed by atoms with Gasteiger partial charge in [0.1, 0.15) is 5.82 Å². The number of hydrogen-bond acceptors (Lipinski definition) is 2. The van der Waals surface area contributed by atoms with Gasteiger partial charge in [0, 0.05) is 12.5 Å². The van der Waals surface area contributed by atoms with Crippen LogP contribution in [0.5, 0.6) is 0 Å². The minimum atomic E-state index is -0.552. The minimum Gasteiger partial charge on any atom is -0.388 e. The topological polar surface area (TPSA) is 32.3 Å². The van der Waals surface area contributed by atoms with Crippen LogP contribution in [-0.2, 0) is 0 Å². The van der Waals surface area contributed by atoms with Gasteiger partial charge in [0.2, 0.25) is 0 Å². The first kappa shape index (κ1) is 11.6. The summed E-state index contributed by atoms with van der Waals surface area (Å²) in [7, 11) is 0. The average molecular weight is 223 g/mol. The van der Waals surface area contributed by atoms with E-state index < -0.39 is 6.10 Å². The first-order valence-corrected chi connectivity index (χ1v) is 5.83. The van der Waals surface area contributed by atoms with Crippen molar-refractivity contribution in [3.8, 4) is 0 Å². The SMILES string of the molecule is Cc1ccc(F)cc1C(O)C1CCCNC1. The summed E-state index contributed by atoms with van der Waals surface area (Å²) in [6, 6.07) is 4.61. The summed E-state index contributed by atoms with van der Waals surface area (Å²) in [5, 5.41) is 13.5. The number of aliphatic hydroxyl groups excluding tert-OH is 1. The normalized spacial score (nSPS) is 23.1. The lowest BCUT2D eigenvalue weighted by molar-refractivity contribution is 0.0913. The van der Waals surface area contributed by atoms with Crippen LogP contribution in [-0.4, -0.2) is 18.2 Å². The predicted molar refractivity (Wildman–Crippen MR) is 61.7 cm³/mol. The lowest BCUT2D eigenvalue weighted by Gasteiger charge is -2.28. The number of benzene rings is 1. The predicted octanol–water partition coefficient (Wildman–Crippen LogP) is 2.17. The molecule has 1 aromatic rings. The Balaban J connectivity index is 2.18. The number of halogens is 1. The Hall–Kier alpha value is -0.930. The Kier molecular flexibility index (Phi) is 3.56. The van der Waals surface area contributed by atoms with E-state index in [0.717, 1.165) is 37.1 Å². The van der Waals surface area contributed by atoms with E-state index in [-0.39, 0.29) is 11.7 Å². The second-order valence-electron chi connectivity index (χ2n) is 4.55. The van der Waals surface area contributed by atoms with Crippen LogP contribution in [0.1, 0.15) is 30.1 Å². The molecule has 0 radical (unpaired) electrons. The molecule has 1 heterocycles. The zero-order valence-electron chi connectivity index (χ0n) is 9.54. The highest BCUT2D eigenvalue weighted by Crippen LogP contribution is 2.29. The second-order valence-corrected chi connectivity index (χ2v) is 4.55. The molecule has 0 aliphatic carbocycles. The Labute approximate surface area is 95.5 Å². The number of nitrogens with one attached hydrogen (secondary N) is 1. The lowest BCUT2D eigenvalue weighted by atomic mass is 9.87. The fraction of sp³-hybridized carbons (Fsp3) is 0.538. The number of hydrogen-bond donors (Lipinski definition) is 2. The minimum absolute atomic E-state index is 0.203. The van der Waals surface area contributed by atoms with E-state index in [9.17, 15) is 9.50 Å². The number of aliphatic hydroxyl groups is 1. The summed E-state index contributed by atoms with van der Waals surface area (Å²) < 4.78 is 13.1. The van der Waals surface area contributed by atoms with Crippen LogP contribution in [0.15, 0.2) is 18.2 Å². The van der Waals surface area contributed by atoms with Gasteiger partial charge in [-0.25, -0.2) is 4.39 Å². The van der Waals surface area contributed by atoms with Crippen LogP contribution < -0.4 is 5.32 Å². The molecule has 0 bridgehead atoms. The van der Waals surface area contributed by atoms with Crippen molar-refractivity contribution in [2.24, 2.45) is 5.92 Å². The van der Waals surface area contributed by atoms with Crippen molar-refractivity contribution in [2.45, 2.75) is 25.9 Å². The first-order valence-electron chi connectivity index (χ1n) is 5.83. The second kappa shape index (κ2) is 4.93. The molecule has 1 aromatic carbocycles. The maximum atomic E-state index is 13.1. The summed E-state index contributed by atoms with van der Waals surface area (Å²) >= 11 is 0. The van der Waals surface area contributed by atoms with Crippen molar-refractivity contribution in [3.63, 3.8) is 0 Å². The van der Waals surface area contributed by atoms with Gasteiger partial charge < -0.3 is 10.4 Å². The highest BCUT2D eigenvalue weighted by Gasteiger charge is 2.24. The van der Waals surface area contributed by atoms with E-state index >= 15 is 0 Å². The molecule has 0 amide bonds. The van der Waals surface area contributed by atoms with E-state index in [1.165, 1.54) is 12.1 Å². The summed E-state index contributed by atoms with van der Waals surface area (Å²) in [5.74, 6) is -0.0716. The molecular formula is C13H18FNO. The molecule has 0 spiro atoms. The highest BCUT2D eigenvalue weighted by atomic mass is 19.1. The van der Waals surface area contributed by atoms with Gasteiger partial charge in [-0.3, -0.25) is 0 Å². The van der Waals surface area contributed by atoms with Crippen molar-refractivity contribution in [3.05, 3.63) is 35.1 Å². The quantitative estimate of drug-likeness (QED) is 0.805. The maximum Gasteiger partial charge on any atom is 0.123 e. The molecule has 3 heteroatoms. The van der Waals surface area contributed by atoms with Gasteiger partial charge in [0.15, 0.2) is 0 Å². The van der Waals surface area contributed by atoms with Gasteiger partial charge in [-0.2, -0.15) is 0 Å². The van der Waals surface area contributed by atoms with E-state index in [1.807, 2.05) is 6.92 Å². The molecule has 1 aliphatic heterocycles. The van der Waals surface area contributed by atoms with Gasteiger partial charge in [-0.1, -0.05) is 6.07 Å². The van der Waals surface area contributed by atoms with Crippen molar-refractivity contribution in [2.75, 3.05) is 13.1 Å². The summed E-state index contributed by atoms with van der Waals surface area (Å²) in [5.41, 5.74) is 1.69. The molecule has 0 saturated carbocycles. The third kappa shape index (κ3) is 2.42. The smallest absolute Gasteiger partial charge is 0.123 e. The van der Waals surface area contributed by atoms with Crippen LogP contribution in [0.25, 0.3) is 0 Å². The Bertz CT molecular complexity index is 361. The van der Waals surface area contributed by atoms with Crippen LogP contribution in [0.2, 0.25) is 0 Å². The number of piperidine rings is 1. The molecule has 88 valence electrons. The Morgan fingerprint density at radius 3 is 3.00 bits per heavy atom. The van der Waals surface area contributed by atoms with Crippen molar-refractivity contribution in [1.82, 2.24) is 5.32 Å². The van der Waals surface area contributed by atoms with Gasteiger partial charge >= 0.3 is 0 Å². The molecule has 2 N–H and O–H groups in total. The standard InChI is InChI=1S/C13H18FNO/c1-9-4-5-11(14)7-12(9)13(16)10-3-2-6-15-8-10/h4-5,7,10,13,15-16H,2-3,6,8H2,1H3. The van der Waals surface area contributed by atoms with Gasteiger partial charge in [-0.15, -0.1) is 0 Å². The van der Waals surface area contributed by atoms with E-state index in [0.29, 0.717) is 0 Å². The molecule has 2 nitrogen and oxygen atoms in total. The Morgan fingerprint density at radius 2 is 2.31 bits per heavy atom. The fourth-order valence-electron chi connectivity index (χ4n) is 2.33. The molecule has 2 atom stereocenters. The van der Waals surface area contributed by atoms with E-state index in [1.54, 1.807) is 6.07 Å². The molecule has 2 rings (SSSR count). The van der Waals surface area contributed by atoms with Gasteiger partial charge in [0.25, 0.3) is 0 Å². The third-order valence-electron chi connectivity index (χ3n) is 3.34. The zero-order valence-corrected chi connectivity index (χ0v) is 9.54. The molecule has 1 aliphatic rings. The number of rotatable bonds is 2. The summed E-state index contributed by atoms with van der Waals surface area (Å²) in [6.45, 7) is 3.75. The number of aryl methyl sites for hydroxylation is 1. The van der Waals surface area contributed by atoms with Crippen LogP contribution in [0, 0.1) is 18.7 Å². The zero-order chi connectivity index (χ0) is 11.5. The third-order valence-corrected chi connectivity index (χ3v) is 3.34. The monoisotopic (exact) mass is 223 g/mol. The van der Waals surface area contributed by atoms with Crippen LogP contribution >= 0.6 is 0 Å². The molecule has 0 aromatic heterocycles. The Morgan fingerprint density at radius 1 is 1.50 bits per heavy atom. The molecule has 16 heavy (non-hydrogen) atoms. The maximum absolute atomic E-state index is 13.1. The van der Waals surface area contributed by atoms with Gasteiger partial charge in [-0.05, 0) is 49.6 Å². The molecular weight excluding hydrogens is 205 g/mol. The van der Waals surface area contributed by atoms with E-state index in [2.05, 4.69) is 5.32 Å². The average Bonchev–Trinajstić information content (AvgIpc) is 2.32. The largest absolute Gasteiger partial charge is 0.388 e. The molecule has 1 saturated heterocycles.